The van der Waals surface area contributed by atoms with Gasteiger partial charge in [0.15, 0.2) is 0 Å². The Bertz CT molecular complexity index is 723. The average molecular weight is 375 g/mol. The first-order valence-corrected chi connectivity index (χ1v) is 8.08. The highest BCUT2D eigenvalue weighted by Crippen LogP contribution is 2.16. The predicted octanol–water partition coefficient (Wildman–Crippen LogP) is 2.89. The molecule has 0 fully saturated rings. The van der Waals surface area contributed by atoms with Crippen LogP contribution >= 0.6 is 15.9 Å². The van der Waals surface area contributed by atoms with Crippen LogP contribution in [0.5, 0.6) is 0 Å². The molecule has 0 aromatic heterocycles. The molecule has 120 valence electrons. The summed E-state index contributed by atoms with van der Waals surface area (Å²) in [4.78, 5) is 24.1. The van der Waals surface area contributed by atoms with E-state index in [0.29, 0.717) is 12.0 Å². The quantitative estimate of drug-likeness (QED) is 0.844. The molecule has 23 heavy (non-hydrogen) atoms. The number of nitrogens with one attached hydrogen (secondary N) is 1. The van der Waals surface area contributed by atoms with Crippen LogP contribution in [0.2, 0.25) is 0 Å². The zero-order valence-electron chi connectivity index (χ0n) is 13.1. The molecule has 5 heteroatoms. The van der Waals surface area contributed by atoms with Gasteiger partial charge < -0.3 is 11.1 Å². The first-order valence-electron chi connectivity index (χ1n) is 7.29. The van der Waals surface area contributed by atoms with Crippen LogP contribution in [0.15, 0.2) is 46.9 Å². The molecule has 0 unspecified atom stereocenters. The van der Waals surface area contributed by atoms with Crippen molar-refractivity contribution in [3.63, 3.8) is 0 Å². The maximum Gasteiger partial charge on any atom is 0.251 e. The van der Waals surface area contributed by atoms with Crippen LogP contribution in [0, 0.1) is 13.8 Å². The van der Waals surface area contributed by atoms with Gasteiger partial charge in [-0.3, -0.25) is 9.59 Å². The normalized spacial score (nSPS) is 11.8. The van der Waals surface area contributed by atoms with Crippen molar-refractivity contribution in [1.82, 2.24) is 5.32 Å². The fourth-order valence-corrected chi connectivity index (χ4v) is 2.87. The Morgan fingerprint density at radius 1 is 1.13 bits per heavy atom. The summed E-state index contributed by atoms with van der Waals surface area (Å²) in [5.41, 5.74) is 9.14. The van der Waals surface area contributed by atoms with Gasteiger partial charge in [-0.05, 0) is 48.7 Å². The largest absolute Gasteiger partial charge is 0.368 e. The highest BCUT2D eigenvalue weighted by Gasteiger charge is 2.21. The Kier molecular flexibility index (Phi) is 5.55. The van der Waals surface area contributed by atoms with Gasteiger partial charge in [-0.2, -0.15) is 0 Å². The van der Waals surface area contributed by atoms with Gasteiger partial charge >= 0.3 is 0 Å². The van der Waals surface area contributed by atoms with E-state index in [9.17, 15) is 9.59 Å². The van der Waals surface area contributed by atoms with Gasteiger partial charge in [-0.15, -0.1) is 0 Å². The van der Waals surface area contributed by atoms with E-state index >= 15 is 0 Å². The Balaban J connectivity index is 2.19. The minimum atomic E-state index is -0.749. The van der Waals surface area contributed by atoms with E-state index in [2.05, 4.69) is 21.2 Å². The zero-order chi connectivity index (χ0) is 17.0. The van der Waals surface area contributed by atoms with Gasteiger partial charge in [-0.1, -0.05) is 40.2 Å². The lowest BCUT2D eigenvalue weighted by Crippen LogP contribution is -2.46. The molecule has 0 spiro atoms. The first kappa shape index (κ1) is 17.2. The third-order valence-corrected chi connectivity index (χ3v) is 4.28. The molecule has 0 aliphatic carbocycles. The second-order valence-electron chi connectivity index (χ2n) is 5.51. The third-order valence-electron chi connectivity index (χ3n) is 3.79. The van der Waals surface area contributed by atoms with Gasteiger partial charge in [-0.25, -0.2) is 0 Å². The molecule has 0 heterocycles. The van der Waals surface area contributed by atoms with Crippen molar-refractivity contribution in [3.05, 3.63) is 69.2 Å². The number of amides is 2. The molecule has 1 atom stereocenters. The van der Waals surface area contributed by atoms with Crippen LogP contribution in [0.3, 0.4) is 0 Å². The minimum Gasteiger partial charge on any atom is -0.368 e. The Morgan fingerprint density at radius 3 is 2.30 bits per heavy atom. The van der Waals surface area contributed by atoms with Gasteiger partial charge in [0.2, 0.25) is 5.91 Å². The van der Waals surface area contributed by atoms with Crippen LogP contribution < -0.4 is 11.1 Å². The number of rotatable bonds is 5. The van der Waals surface area contributed by atoms with Crippen molar-refractivity contribution in [2.45, 2.75) is 26.3 Å². The van der Waals surface area contributed by atoms with Crippen LogP contribution in [0.1, 0.15) is 27.0 Å². The smallest absolute Gasteiger partial charge is 0.251 e. The van der Waals surface area contributed by atoms with Gasteiger partial charge in [0.05, 0.1) is 0 Å². The van der Waals surface area contributed by atoms with E-state index in [1.165, 1.54) is 0 Å². The summed E-state index contributed by atoms with van der Waals surface area (Å²) in [6.07, 6.45) is 0.383. The van der Waals surface area contributed by atoms with Gasteiger partial charge in [0.1, 0.15) is 6.04 Å². The fraction of sp³-hybridized carbons (Fsp3) is 0.222. The zero-order valence-corrected chi connectivity index (χ0v) is 14.7. The van der Waals surface area contributed by atoms with Crippen molar-refractivity contribution in [2.24, 2.45) is 5.73 Å². The molecule has 2 aromatic carbocycles. The average Bonchev–Trinajstić information content (AvgIpc) is 2.49. The van der Waals surface area contributed by atoms with E-state index < -0.39 is 11.9 Å². The maximum absolute atomic E-state index is 12.3. The lowest BCUT2D eigenvalue weighted by Gasteiger charge is -2.18. The molecule has 0 saturated carbocycles. The van der Waals surface area contributed by atoms with Gasteiger partial charge in [0.25, 0.3) is 5.91 Å². The molecule has 2 amide bonds. The van der Waals surface area contributed by atoms with E-state index in [0.717, 1.165) is 21.2 Å². The molecular formula is C18H19BrN2O2. The molecule has 0 radical (unpaired) electrons. The number of hydrogen-bond acceptors (Lipinski definition) is 2. The van der Waals surface area contributed by atoms with Crippen LogP contribution in [0.4, 0.5) is 0 Å². The molecular weight excluding hydrogens is 356 g/mol. The van der Waals surface area contributed by atoms with E-state index in [4.69, 9.17) is 5.73 Å². The van der Waals surface area contributed by atoms with Crippen LogP contribution in [0.25, 0.3) is 0 Å². The number of carbonyl (C=O) groups is 2. The third kappa shape index (κ3) is 4.42. The van der Waals surface area contributed by atoms with Crippen molar-refractivity contribution in [3.8, 4) is 0 Å². The summed E-state index contributed by atoms with van der Waals surface area (Å²) in [5, 5.41) is 2.73. The second kappa shape index (κ2) is 7.42. The number of halogens is 1. The Morgan fingerprint density at radius 2 is 1.74 bits per heavy atom. The molecule has 2 aromatic rings. The van der Waals surface area contributed by atoms with Gasteiger partial charge in [0, 0.05) is 16.5 Å². The van der Waals surface area contributed by atoms with E-state index in [-0.39, 0.29) is 5.91 Å². The van der Waals surface area contributed by atoms with Crippen LogP contribution in [-0.4, -0.2) is 17.9 Å². The summed E-state index contributed by atoms with van der Waals surface area (Å²) in [5.74, 6) is -0.864. The van der Waals surface area contributed by atoms with Crippen molar-refractivity contribution in [1.29, 1.82) is 0 Å². The SMILES string of the molecule is Cc1cccc(C)c1C[C@H](NC(=O)c1cccc(Br)c1)C(N)=O. The number of primary amides is 1. The summed E-state index contributed by atoms with van der Waals surface area (Å²) in [6, 6.07) is 12.2. The van der Waals surface area contributed by atoms with E-state index in [1.54, 1.807) is 18.2 Å². The molecule has 0 bridgehead atoms. The van der Waals surface area contributed by atoms with E-state index in [1.807, 2.05) is 38.1 Å². The number of aryl methyl sites for hydroxylation is 2. The maximum atomic E-state index is 12.3. The number of carbonyl (C=O) groups excluding carboxylic acids is 2. The van der Waals surface area contributed by atoms with Crippen molar-refractivity contribution >= 4 is 27.7 Å². The lowest BCUT2D eigenvalue weighted by atomic mass is 9.96. The summed E-state index contributed by atoms with van der Waals surface area (Å²) >= 11 is 3.33. The summed E-state index contributed by atoms with van der Waals surface area (Å²) < 4.78 is 0.801. The highest BCUT2D eigenvalue weighted by molar-refractivity contribution is 9.10. The molecule has 0 saturated heterocycles. The molecule has 4 nitrogen and oxygen atoms in total. The molecule has 0 aliphatic rings. The first-order chi connectivity index (χ1) is 10.9. The molecule has 2 rings (SSSR count). The van der Waals surface area contributed by atoms with Crippen molar-refractivity contribution < 1.29 is 9.59 Å². The fourth-order valence-electron chi connectivity index (χ4n) is 2.47. The topological polar surface area (TPSA) is 72.2 Å². The number of nitrogens with two attached hydrogens (primary N) is 1. The van der Waals surface area contributed by atoms with Crippen LogP contribution in [-0.2, 0) is 11.2 Å². The summed E-state index contributed by atoms with van der Waals surface area (Å²) in [7, 11) is 0. The summed E-state index contributed by atoms with van der Waals surface area (Å²) in [6.45, 7) is 3.97. The molecule has 3 N–H and O–H groups in total. The predicted molar refractivity (Wildman–Crippen MR) is 94.2 cm³/mol. The minimum absolute atomic E-state index is 0.318. The lowest BCUT2D eigenvalue weighted by molar-refractivity contribution is -0.119. The Hall–Kier alpha value is -2.14. The van der Waals surface area contributed by atoms with Crippen molar-refractivity contribution in [2.75, 3.05) is 0 Å². The number of benzene rings is 2. The second-order valence-corrected chi connectivity index (χ2v) is 6.43. The standard InChI is InChI=1S/C18H19BrN2O2/c1-11-5-3-6-12(2)15(11)10-16(17(20)22)21-18(23)13-7-4-8-14(19)9-13/h3-9,16H,10H2,1-2H3,(H2,20,22)(H,21,23)/t16-/m0/s1. The highest BCUT2D eigenvalue weighted by atomic mass is 79.9. The molecule has 0 aliphatic heterocycles. The number of hydrogen-bond donors (Lipinski definition) is 2. The Labute approximate surface area is 144 Å². The monoisotopic (exact) mass is 374 g/mol.